The number of hydrogen-bond donors (Lipinski definition) is 2. The van der Waals surface area contributed by atoms with Gasteiger partial charge in [0.2, 0.25) is 0 Å². The molecular weight excluding hydrogens is 152 g/mol. The van der Waals surface area contributed by atoms with Crippen molar-refractivity contribution in [1.29, 1.82) is 0 Å². The van der Waals surface area contributed by atoms with Crippen LogP contribution in [0.3, 0.4) is 0 Å². The van der Waals surface area contributed by atoms with Gasteiger partial charge in [-0.3, -0.25) is 0 Å². The van der Waals surface area contributed by atoms with Crippen LogP contribution in [-0.4, -0.2) is 32.8 Å². The first kappa shape index (κ1) is 9.96. The van der Waals surface area contributed by atoms with Gasteiger partial charge in [0.1, 0.15) is 0 Å². The molecule has 0 radical (unpaired) electrons. The number of nitrogens with one attached hydrogen (secondary N) is 1. The second-order valence-corrected chi connectivity index (χ2v) is 3.54. The first-order chi connectivity index (χ1) is 5.86. The Bertz CT molecular complexity index is 109. The standard InChI is InChI=1S/C9H20N2O/c1-11-9(6-10)5-8-3-2-4-12-7-8/h8-9,11H,2-7,10H2,1H3. The summed E-state index contributed by atoms with van der Waals surface area (Å²) >= 11 is 0. The maximum Gasteiger partial charge on any atom is 0.0494 e. The average molecular weight is 172 g/mol. The SMILES string of the molecule is CNC(CN)CC1CCCOC1. The van der Waals surface area contributed by atoms with Crippen molar-refractivity contribution in [3.8, 4) is 0 Å². The van der Waals surface area contributed by atoms with Crippen molar-refractivity contribution < 1.29 is 4.74 Å². The normalized spacial score (nSPS) is 27.0. The van der Waals surface area contributed by atoms with Gasteiger partial charge >= 0.3 is 0 Å². The van der Waals surface area contributed by atoms with Gasteiger partial charge in [-0.1, -0.05) is 0 Å². The van der Waals surface area contributed by atoms with Crippen LogP contribution in [0.5, 0.6) is 0 Å². The summed E-state index contributed by atoms with van der Waals surface area (Å²) in [5, 5.41) is 3.22. The molecule has 0 aromatic heterocycles. The molecule has 0 aromatic rings. The average Bonchev–Trinajstić information content (AvgIpc) is 2.16. The summed E-state index contributed by atoms with van der Waals surface area (Å²) in [6.07, 6.45) is 3.68. The number of nitrogens with two attached hydrogens (primary N) is 1. The van der Waals surface area contributed by atoms with Gasteiger partial charge in [-0.05, 0) is 32.2 Å². The van der Waals surface area contributed by atoms with E-state index in [-0.39, 0.29) is 0 Å². The highest BCUT2D eigenvalue weighted by atomic mass is 16.5. The van der Waals surface area contributed by atoms with Crippen molar-refractivity contribution in [3.63, 3.8) is 0 Å². The van der Waals surface area contributed by atoms with E-state index in [2.05, 4.69) is 5.32 Å². The minimum atomic E-state index is 0.469. The maximum atomic E-state index is 5.60. The van der Waals surface area contributed by atoms with E-state index in [1.165, 1.54) is 12.8 Å². The van der Waals surface area contributed by atoms with Crippen LogP contribution in [-0.2, 0) is 4.74 Å². The fraction of sp³-hybridized carbons (Fsp3) is 1.00. The van der Waals surface area contributed by atoms with Crippen molar-refractivity contribution in [2.75, 3.05) is 26.8 Å². The van der Waals surface area contributed by atoms with Crippen LogP contribution in [0.4, 0.5) is 0 Å². The summed E-state index contributed by atoms with van der Waals surface area (Å²) in [5.74, 6) is 0.722. The van der Waals surface area contributed by atoms with Crippen molar-refractivity contribution in [2.24, 2.45) is 11.7 Å². The van der Waals surface area contributed by atoms with Crippen molar-refractivity contribution >= 4 is 0 Å². The lowest BCUT2D eigenvalue weighted by molar-refractivity contribution is 0.0482. The third-order valence-electron chi connectivity index (χ3n) is 2.57. The zero-order chi connectivity index (χ0) is 8.81. The molecule has 3 heteroatoms. The van der Waals surface area contributed by atoms with Crippen LogP contribution < -0.4 is 11.1 Å². The number of hydrogen-bond acceptors (Lipinski definition) is 3. The molecule has 3 nitrogen and oxygen atoms in total. The fourth-order valence-electron chi connectivity index (χ4n) is 1.73. The molecule has 0 amide bonds. The molecule has 1 rings (SSSR count). The summed E-state index contributed by atoms with van der Waals surface area (Å²) in [4.78, 5) is 0. The monoisotopic (exact) mass is 172 g/mol. The lowest BCUT2D eigenvalue weighted by Crippen LogP contribution is -2.36. The van der Waals surface area contributed by atoms with Crippen LogP contribution in [0, 0.1) is 5.92 Å². The van der Waals surface area contributed by atoms with Crippen molar-refractivity contribution in [2.45, 2.75) is 25.3 Å². The van der Waals surface area contributed by atoms with Crippen LogP contribution in [0.1, 0.15) is 19.3 Å². The molecule has 0 aromatic carbocycles. The highest BCUT2D eigenvalue weighted by molar-refractivity contribution is 4.72. The van der Waals surface area contributed by atoms with E-state index >= 15 is 0 Å². The molecule has 12 heavy (non-hydrogen) atoms. The first-order valence-electron chi connectivity index (χ1n) is 4.82. The third-order valence-corrected chi connectivity index (χ3v) is 2.57. The highest BCUT2D eigenvalue weighted by Gasteiger charge is 2.17. The Labute approximate surface area is 74.7 Å². The Hall–Kier alpha value is -0.120. The lowest BCUT2D eigenvalue weighted by Gasteiger charge is -2.25. The van der Waals surface area contributed by atoms with Crippen LogP contribution >= 0.6 is 0 Å². The van der Waals surface area contributed by atoms with E-state index in [9.17, 15) is 0 Å². The zero-order valence-electron chi connectivity index (χ0n) is 7.88. The number of ether oxygens (including phenoxy) is 1. The quantitative estimate of drug-likeness (QED) is 0.643. The molecule has 1 heterocycles. The lowest BCUT2D eigenvalue weighted by atomic mass is 9.94. The molecule has 2 unspecified atom stereocenters. The van der Waals surface area contributed by atoms with E-state index in [1.54, 1.807) is 0 Å². The Morgan fingerprint density at radius 2 is 2.50 bits per heavy atom. The van der Waals surface area contributed by atoms with Gasteiger partial charge in [0.25, 0.3) is 0 Å². The molecule has 0 bridgehead atoms. The van der Waals surface area contributed by atoms with Gasteiger partial charge in [0, 0.05) is 25.8 Å². The zero-order valence-corrected chi connectivity index (χ0v) is 7.88. The van der Waals surface area contributed by atoms with Crippen molar-refractivity contribution in [3.05, 3.63) is 0 Å². The van der Waals surface area contributed by atoms with Gasteiger partial charge in [-0.15, -0.1) is 0 Å². The summed E-state index contributed by atoms with van der Waals surface area (Å²) in [5.41, 5.74) is 5.60. The minimum absolute atomic E-state index is 0.469. The van der Waals surface area contributed by atoms with E-state index < -0.39 is 0 Å². The molecule has 1 fully saturated rings. The second-order valence-electron chi connectivity index (χ2n) is 3.54. The van der Waals surface area contributed by atoms with Crippen LogP contribution in [0.25, 0.3) is 0 Å². The van der Waals surface area contributed by atoms with Crippen molar-refractivity contribution in [1.82, 2.24) is 5.32 Å². The summed E-state index contributed by atoms with van der Waals surface area (Å²) in [6.45, 7) is 2.61. The van der Waals surface area contributed by atoms with Crippen LogP contribution in [0.2, 0.25) is 0 Å². The summed E-state index contributed by atoms with van der Waals surface area (Å²) in [7, 11) is 1.97. The molecule has 0 aliphatic carbocycles. The molecule has 1 saturated heterocycles. The van der Waals surface area contributed by atoms with E-state index in [4.69, 9.17) is 10.5 Å². The van der Waals surface area contributed by atoms with Gasteiger partial charge in [0.15, 0.2) is 0 Å². The van der Waals surface area contributed by atoms with E-state index in [0.29, 0.717) is 6.04 Å². The molecular formula is C9H20N2O. The second kappa shape index (κ2) is 5.51. The smallest absolute Gasteiger partial charge is 0.0494 e. The largest absolute Gasteiger partial charge is 0.381 e. The molecule has 0 saturated carbocycles. The van der Waals surface area contributed by atoms with Gasteiger partial charge in [0.05, 0.1) is 0 Å². The summed E-state index contributed by atoms with van der Waals surface area (Å²) < 4.78 is 5.40. The number of rotatable bonds is 4. The van der Waals surface area contributed by atoms with E-state index in [1.807, 2.05) is 7.05 Å². The fourth-order valence-corrected chi connectivity index (χ4v) is 1.73. The Kier molecular flexibility index (Phi) is 4.58. The highest BCUT2D eigenvalue weighted by Crippen LogP contribution is 2.18. The van der Waals surface area contributed by atoms with Gasteiger partial charge in [-0.25, -0.2) is 0 Å². The van der Waals surface area contributed by atoms with E-state index in [0.717, 1.165) is 32.1 Å². The Morgan fingerprint density at radius 1 is 1.67 bits per heavy atom. The topological polar surface area (TPSA) is 47.3 Å². The predicted molar refractivity (Wildman–Crippen MR) is 50.1 cm³/mol. The minimum Gasteiger partial charge on any atom is -0.381 e. The van der Waals surface area contributed by atoms with Crippen LogP contribution in [0.15, 0.2) is 0 Å². The molecule has 1 aliphatic heterocycles. The Balaban J connectivity index is 2.18. The molecule has 1 aliphatic rings. The molecule has 3 N–H and O–H groups in total. The van der Waals surface area contributed by atoms with Gasteiger partial charge in [-0.2, -0.15) is 0 Å². The third kappa shape index (κ3) is 3.09. The first-order valence-corrected chi connectivity index (χ1v) is 4.82. The Morgan fingerprint density at radius 3 is 3.00 bits per heavy atom. The summed E-state index contributed by atoms with van der Waals surface area (Å²) in [6, 6.07) is 0.469. The molecule has 72 valence electrons. The van der Waals surface area contributed by atoms with Gasteiger partial charge < -0.3 is 15.8 Å². The predicted octanol–water partition coefficient (Wildman–Crippen LogP) is 0.350. The molecule has 2 atom stereocenters. The molecule has 0 spiro atoms. The number of likely N-dealkylation sites (N-methyl/N-ethyl adjacent to an activating group) is 1. The maximum absolute atomic E-state index is 5.60.